The van der Waals surface area contributed by atoms with Crippen molar-refractivity contribution in [3.05, 3.63) is 16.8 Å². The van der Waals surface area contributed by atoms with E-state index in [2.05, 4.69) is 35.0 Å². The zero-order valence-electron chi connectivity index (χ0n) is 17.5. The van der Waals surface area contributed by atoms with E-state index >= 15 is 0 Å². The van der Waals surface area contributed by atoms with Gasteiger partial charge in [0.05, 0.1) is 9.30 Å². The summed E-state index contributed by atoms with van der Waals surface area (Å²) in [6, 6.07) is 0. The Balaban J connectivity index is 2.40. The third-order valence-electron chi connectivity index (χ3n) is 3.41. The molecule has 1 aliphatic rings. The van der Waals surface area contributed by atoms with Gasteiger partial charge in [0.1, 0.15) is 18.5 Å². The molecule has 0 radical (unpaired) electrons. The van der Waals surface area contributed by atoms with E-state index in [-0.39, 0.29) is 0 Å². The maximum absolute atomic E-state index is 12.1. The Morgan fingerprint density at radius 3 is 2.47 bits per heavy atom. The Morgan fingerprint density at radius 1 is 1.31 bits per heavy atom. The summed E-state index contributed by atoms with van der Waals surface area (Å²) in [6.45, 7) is -2.47. The summed E-state index contributed by atoms with van der Waals surface area (Å²) < 4.78 is 66.4. The molecule has 21 heteroatoms. The number of aliphatic hydroxyl groups excluding tert-OH is 1. The third-order valence-corrected chi connectivity index (χ3v) is 7.08. The first-order valence-corrected chi connectivity index (χ1v) is 12.3. The normalized spacial score (nSPS) is 30.9. The zero-order chi connectivity index (χ0) is 26.3. The lowest BCUT2D eigenvalue weighted by atomic mass is 9.94. The van der Waals surface area contributed by atoms with Gasteiger partial charge in [0.15, 0.2) is 11.8 Å². The van der Waals surface area contributed by atoms with Crippen LogP contribution >= 0.6 is 23.5 Å². The fraction of sp³-hybridized carbons (Fsp3) is 0.545. The van der Waals surface area contributed by atoms with Crippen LogP contribution in [0.3, 0.4) is 0 Å². The van der Waals surface area contributed by atoms with Crippen LogP contribution in [0.25, 0.3) is 0 Å². The van der Waals surface area contributed by atoms with Gasteiger partial charge in [0.25, 0.3) is 0 Å². The minimum Gasteiger partial charge on any atom is -0.386 e. The lowest BCUT2D eigenvalue weighted by Gasteiger charge is -2.26. The van der Waals surface area contributed by atoms with Crippen LogP contribution in [-0.2, 0) is 31.6 Å². The Bertz CT molecular complexity index is 1210. The highest BCUT2D eigenvalue weighted by Gasteiger charge is 2.57. The van der Waals surface area contributed by atoms with Crippen LogP contribution < -0.4 is 11.4 Å². The molecule has 180 valence electrons. The molecule has 1 fully saturated rings. The molecule has 1 aliphatic heterocycles. The van der Waals surface area contributed by atoms with E-state index in [9.17, 15) is 38.5 Å². The van der Waals surface area contributed by atoms with Crippen molar-refractivity contribution in [2.24, 2.45) is 0 Å². The average Bonchev–Trinajstić information content (AvgIpc) is 2.83. The summed E-state index contributed by atoms with van der Waals surface area (Å²) in [5.41, 5.74) is 1.31. The quantitative estimate of drug-likeness (QED) is 0.137. The van der Waals surface area contributed by atoms with E-state index in [0.29, 0.717) is 10.9 Å². The van der Waals surface area contributed by atoms with Gasteiger partial charge in [-0.2, -0.15) is 13.6 Å². The first-order chi connectivity index (χ1) is 15.2. The maximum atomic E-state index is 12.1. The van der Waals surface area contributed by atoms with Crippen molar-refractivity contribution < 1.29 is 64.1 Å². The predicted molar refractivity (Wildman–Crippen MR) is 98.8 cm³/mol. The molecular weight excluding hydrogens is 505 g/mol. The lowest BCUT2D eigenvalue weighted by Crippen LogP contribution is -2.48. The molecule has 0 bridgehead atoms. The summed E-state index contributed by atoms with van der Waals surface area (Å²) >= 11 is 0. The summed E-state index contributed by atoms with van der Waals surface area (Å²) in [5, 5.41) is 21.4. The molecule has 32 heavy (non-hydrogen) atoms. The van der Waals surface area contributed by atoms with E-state index in [1.165, 1.54) is 6.92 Å². The Hall–Kier alpha value is -1.54. The number of nitrogen functional groups attached to an aromatic ring is 1. The van der Waals surface area contributed by atoms with E-state index in [0.717, 1.165) is 0 Å². The molecule has 0 aromatic carbocycles. The topological polar surface area (TPSA) is 283 Å². The number of nitrogens with two attached hydrogens (primary N) is 1. The van der Waals surface area contributed by atoms with Crippen molar-refractivity contribution in [3.8, 4) is 11.8 Å². The fourth-order valence-corrected chi connectivity index (χ4v) is 5.21. The van der Waals surface area contributed by atoms with Gasteiger partial charge in [-0.1, -0.05) is 5.92 Å². The summed E-state index contributed by atoms with van der Waals surface area (Å²) in [5.74, 6) is 3.83. The van der Waals surface area contributed by atoms with Gasteiger partial charge in [-0.3, -0.25) is 9.09 Å². The standard InChI is InChI=1S/C11H17N4O14P3/c1-2-3-11(18)7(16)6(27-8(11)15-5-13-9(12)14-10(15)17)4-26-31(22,23)29-32(24,25)28-30(19,20)21/h5-8,16,18H,4H2,1H3,(H,22,23)(H,24,25)(H2,12,14,17)(H2,19,20,21)/t6-,7+,8-,11?/m1/s1/i4D2. The SMILES string of the molecule is [2H]C([2H])(OP(=O)(O)OP(=O)(O)OP(=O)(O)O)[C@H]1O[C@@H](n2cnc(N)nc2=O)C(O)(C#CC)[C@H]1O. The van der Waals surface area contributed by atoms with Gasteiger partial charge in [0.2, 0.25) is 5.95 Å². The Kier molecular flexibility index (Phi) is 6.92. The monoisotopic (exact) mass is 524 g/mol. The minimum absolute atomic E-state index is 0.463. The number of aromatic nitrogens is 3. The van der Waals surface area contributed by atoms with Crippen molar-refractivity contribution in [3.63, 3.8) is 0 Å². The molecule has 8 N–H and O–H groups in total. The number of aliphatic hydroxyl groups is 2. The average molecular weight is 524 g/mol. The van der Waals surface area contributed by atoms with Crippen LogP contribution in [0.5, 0.6) is 0 Å². The van der Waals surface area contributed by atoms with Gasteiger partial charge >= 0.3 is 29.2 Å². The van der Waals surface area contributed by atoms with Crippen LogP contribution in [0.4, 0.5) is 5.95 Å². The number of hydrogen-bond donors (Lipinski definition) is 7. The summed E-state index contributed by atoms with van der Waals surface area (Å²) in [6.07, 6.45) is -6.19. The molecule has 1 aromatic rings. The molecule has 6 atom stereocenters. The van der Waals surface area contributed by atoms with Gasteiger partial charge in [-0.25, -0.2) is 23.5 Å². The number of rotatable bonds is 8. The smallest absolute Gasteiger partial charge is 0.386 e. The largest absolute Gasteiger partial charge is 0.490 e. The highest BCUT2D eigenvalue weighted by molar-refractivity contribution is 7.66. The molecule has 0 amide bonds. The van der Waals surface area contributed by atoms with Crippen LogP contribution in [0.2, 0.25) is 0 Å². The fourth-order valence-electron chi connectivity index (χ4n) is 2.33. The number of anilines is 1. The van der Waals surface area contributed by atoms with Crippen molar-refractivity contribution in [1.82, 2.24) is 14.5 Å². The second-order valence-corrected chi connectivity index (χ2v) is 10.1. The molecule has 2 rings (SSSR count). The minimum atomic E-state index is -6.04. The first kappa shape index (κ1) is 23.6. The van der Waals surface area contributed by atoms with Crippen molar-refractivity contribution in [2.45, 2.75) is 31.0 Å². The molecule has 3 unspecified atom stereocenters. The molecule has 18 nitrogen and oxygen atoms in total. The summed E-state index contributed by atoms with van der Waals surface area (Å²) in [4.78, 5) is 54.7. The molecular formula is C11H17N4O14P3. The number of hydrogen-bond acceptors (Lipinski definition) is 13. The lowest BCUT2D eigenvalue weighted by molar-refractivity contribution is -0.0766. The summed E-state index contributed by atoms with van der Waals surface area (Å²) in [7, 11) is -17.7. The van der Waals surface area contributed by atoms with Crippen LogP contribution in [0, 0.1) is 11.8 Å². The predicted octanol–water partition coefficient (Wildman–Crippen LogP) is -2.42. The van der Waals surface area contributed by atoms with Crippen LogP contribution in [-0.4, -0.2) is 68.7 Å². The van der Waals surface area contributed by atoms with Crippen LogP contribution in [0.15, 0.2) is 11.1 Å². The Morgan fingerprint density at radius 2 is 1.94 bits per heavy atom. The van der Waals surface area contributed by atoms with E-state index in [4.69, 9.17) is 23.0 Å². The molecule has 2 heterocycles. The molecule has 0 saturated carbocycles. The number of nitrogens with zero attached hydrogens (tertiary/aromatic N) is 3. The van der Waals surface area contributed by atoms with Gasteiger partial charge < -0.3 is 40.3 Å². The van der Waals surface area contributed by atoms with Crippen molar-refractivity contribution in [1.29, 1.82) is 0 Å². The second-order valence-electron chi connectivity index (χ2n) is 5.76. The van der Waals surface area contributed by atoms with Gasteiger partial charge in [-0.15, -0.1) is 5.92 Å². The highest BCUT2D eigenvalue weighted by Crippen LogP contribution is 2.66. The van der Waals surface area contributed by atoms with E-state index in [1.807, 2.05) is 0 Å². The van der Waals surface area contributed by atoms with Gasteiger partial charge in [-0.05, 0) is 6.92 Å². The third kappa shape index (κ3) is 6.50. The number of ether oxygens (including phenoxy) is 1. The molecule has 0 aliphatic carbocycles. The highest BCUT2D eigenvalue weighted by atomic mass is 31.3. The first-order valence-electron chi connectivity index (χ1n) is 8.78. The maximum Gasteiger partial charge on any atom is 0.490 e. The van der Waals surface area contributed by atoms with Crippen molar-refractivity contribution >= 4 is 29.4 Å². The van der Waals surface area contributed by atoms with Gasteiger partial charge in [0, 0.05) is 0 Å². The molecule has 1 saturated heterocycles. The van der Waals surface area contributed by atoms with Crippen LogP contribution in [0.1, 0.15) is 15.9 Å². The zero-order valence-corrected chi connectivity index (χ0v) is 18.2. The Labute approximate surface area is 180 Å². The molecule has 1 aromatic heterocycles. The van der Waals surface area contributed by atoms with Crippen molar-refractivity contribution in [2.75, 3.05) is 12.3 Å². The number of phosphoric acid groups is 3. The number of phosphoric ester groups is 1. The second kappa shape index (κ2) is 9.37. The van der Waals surface area contributed by atoms with E-state index in [1.54, 1.807) is 0 Å². The molecule has 0 spiro atoms. The van der Waals surface area contributed by atoms with E-state index < -0.39 is 65.7 Å².